The van der Waals surface area contributed by atoms with Gasteiger partial charge >= 0.3 is 18.2 Å². The quantitative estimate of drug-likeness (QED) is 0.0175. The number of thiazole rings is 1. The van der Waals surface area contributed by atoms with E-state index in [9.17, 15) is 62.6 Å². The Morgan fingerprint density at radius 3 is 1.90 bits per heavy atom. The van der Waals surface area contributed by atoms with Crippen molar-refractivity contribution in [1.29, 1.82) is 0 Å². The Balaban J connectivity index is 0.661. The zero-order chi connectivity index (χ0) is 96.0. The number of methoxy groups -OCH3 is 2. The summed E-state index contributed by atoms with van der Waals surface area (Å²) < 4.78 is 37.3. The number of aliphatic carboxylic acids is 1. The lowest BCUT2D eigenvalue weighted by molar-refractivity contribution is -0.148. The van der Waals surface area contributed by atoms with E-state index >= 15 is 0 Å². The maximum absolute atomic E-state index is 14.9. The molecule has 1 saturated heterocycles. The van der Waals surface area contributed by atoms with Crippen molar-refractivity contribution in [1.82, 2.24) is 55.5 Å². The molecule has 0 spiro atoms. The first-order valence-electron chi connectivity index (χ1n) is 46.2. The predicted octanol–water partition coefficient (Wildman–Crippen LogP) is 13.1. The molecule has 716 valence electrons. The van der Waals surface area contributed by atoms with Crippen molar-refractivity contribution in [3.63, 3.8) is 0 Å². The molecule has 31 heteroatoms. The fourth-order valence-corrected chi connectivity index (χ4v) is 18.4. The topological polar surface area (TPSA) is 363 Å². The Labute approximate surface area is 780 Å². The number of likely N-dealkylation sites (tertiary alicyclic amines) is 1. The summed E-state index contributed by atoms with van der Waals surface area (Å²) in [5, 5.41) is 28.1. The Hall–Kier alpha value is -11.1. The van der Waals surface area contributed by atoms with E-state index < -0.39 is 114 Å². The van der Waals surface area contributed by atoms with Gasteiger partial charge in [-0.05, 0) is 119 Å². The predicted molar refractivity (Wildman–Crippen MR) is 503 cm³/mol. The summed E-state index contributed by atoms with van der Waals surface area (Å²) in [4.78, 5) is 174. The van der Waals surface area contributed by atoms with Gasteiger partial charge in [-0.25, -0.2) is 24.6 Å². The summed E-state index contributed by atoms with van der Waals surface area (Å²) in [6, 6.07) is 37.3. The monoisotopic (exact) mass is 1840 g/mol. The van der Waals surface area contributed by atoms with Gasteiger partial charge < -0.3 is 69.2 Å². The molecule has 5 aromatic carbocycles. The van der Waals surface area contributed by atoms with Gasteiger partial charge in [-0.15, -0.1) is 11.3 Å². The van der Waals surface area contributed by atoms with Gasteiger partial charge in [-0.2, -0.15) is 0 Å². The number of rotatable bonds is 54. The van der Waals surface area contributed by atoms with Crippen LogP contribution in [0.4, 0.5) is 9.59 Å². The van der Waals surface area contributed by atoms with Gasteiger partial charge in [0.1, 0.15) is 36.1 Å². The number of carboxylic acid groups (broad SMARTS) is 1. The number of amides is 8. The molecule has 0 unspecified atom stereocenters. The second-order valence-corrected chi connectivity index (χ2v) is 36.8. The fourth-order valence-electron chi connectivity index (χ4n) is 17.7. The normalized spacial score (nSPS) is 15.6. The van der Waals surface area contributed by atoms with Gasteiger partial charge in [0, 0.05) is 135 Å². The molecule has 1 aliphatic heterocycles. The first-order chi connectivity index (χ1) is 63.1. The molecule has 0 saturated carbocycles. The van der Waals surface area contributed by atoms with Crippen molar-refractivity contribution in [2.24, 2.45) is 35.5 Å². The Morgan fingerprint density at radius 2 is 1.27 bits per heavy atom. The molecule has 0 bridgehead atoms. The highest BCUT2D eigenvalue weighted by Crippen LogP contribution is 2.45. The first-order valence-corrected chi connectivity index (χ1v) is 47.1. The van der Waals surface area contributed by atoms with E-state index in [0.29, 0.717) is 43.4 Å². The number of aryl methyl sites for hydroxylation is 1. The highest BCUT2D eigenvalue weighted by molar-refractivity contribution is 7.09. The van der Waals surface area contributed by atoms with Gasteiger partial charge in [0.25, 0.3) is 0 Å². The molecule has 2 aliphatic rings. The number of ketones is 3. The van der Waals surface area contributed by atoms with Crippen LogP contribution in [-0.2, 0) is 109 Å². The molecule has 7 aromatic rings. The summed E-state index contributed by atoms with van der Waals surface area (Å²) in [7, 11) is 9.62. The minimum absolute atomic E-state index is 0.00985. The Bertz CT molecular complexity index is 4940. The number of ether oxygens (including phenoxy) is 6. The van der Waals surface area contributed by atoms with Crippen LogP contribution < -0.4 is 21.3 Å². The number of carbonyl (C=O) groups excluding carboxylic acids is 11. The number of likely N-dealkylation sites (N-methyl/N-ethyl adjacent to an activating group) is 2. The maximum atomic E-state index is 14.9. The minimum atomic E-state index is -1.11. The number of nitrogens with one attached hydrogen (secondary N) is 4. The summed E-state index contributed by atoms with van der Waals surface area (Å²) in [5.41, 5.74) is 8.43. The molecule has 12 atom stereocenters. The number of hydrazine groups is 1. The third kappa shape index (κ3) is 29.0. The van der Waals surface area contributed by atoms with Crippen molar-refractivity contribution in [2.75, 3.05) is 82.0 Å². The molecule has 9 rings (SSSR count). The maximum Gasteiger partial charge on any atom is 0.424 e. The number of carbonyl (C=O) groups is 12. The van der Waals surface area contributed by atoms with Gasteiger partial charge in [0.15, 0.2) is 11.6 Å². The van der Waals surface area contributed by atoms with E-state index in [-0.39, 0.29) is 163 Å². The molecule has 3 heterocycles. The highest BCUT2D eigenvalue weighted by atomic mass is 32.1. The Morgan fingerprint density at radius 1 is 0.621 bits per heavy atom. The molecule has 8 amide bonds. The molecule has 2 aromatic heterocycles. The van der Waals surface area contributed by atoms with Crippen molar-refractivity contribution in [2.45, 2.75) is 233 Å². The molecule has 0 radical (unpaired) electrons. The van der Waals surface area contributed by atoms with Crippen LogP contribution in [0.1, 0.15) is 190 Å². The van der Waals surface area contributed by atoms with Crippen LogP contribution in [0.15, 0.2) is 145 Å². The molecule has 30 nitrogen and oxygen atoms in total. The van der Waals surface area contributed by atoms with E-state index in [2.05, 4.69) is 50.5 Å². The summed E-state index contributed by atoms with van der Waals surface area (Å²) >= 11 is 1.47. The minimum Gasteiger partial charge on any atom is -0.481 e. The van der Waals surface area contributed by atoms with Gasteiger partial charge in [0.05, 0.1) is 81.1 Å². The molecule has 5 N–H and O–H groups in total. The average molecular weight is 1840 g/mol. The van der Waals surface area contributed by atoms with Gasteiger partial charge in [-0.1, -0.05) is 190 Å². The van der Waals surface area contributed by atoms with Crippen LogP contribution in [-0.4, -0.2) is 241 Å². The average Bonchev–Trinajstić information content (AvgIpc) is 1.61. The molecule has 132 heavy (non-hydrogen) atoms. The molecular weight excluding hydrogens is 1700 g/mol. The number of hydrogen-bond donors (Lipinski definition) is 5. The van der Waals surface area contributed by atoms with Gasteiger partial charge in [0.2, 0.25) is 35.4 Å². The van der Waals surface area contributed by atoms with E-state index in [1.165, 1.54) is 35.4 Å². The van der Waals surface area contributed by atoms with Crippen LogP contribution >= 0.6 is 11.3 Å². The number of para-hydroxylation sites is 1. The number of carboxylic acids is 1. The first kappa shape index (κ1) is 105. The van der Waals surface area contributed by atoms with Crippen molar-refractivity contribution >= 4 is 93.2 Å². The lowest BCUT2D eigenvalue weighted by Crippen LogP contribution is -2.60. The lowest BCUT2D eigenvalue weighted by atomic mass is 9.88. The fraction of sp³-hybridized carbons (Fsp3) is 0.535. The number of aromatic nitrogens is 2. The standard InChI is InChI=1S/C101H137N11O19S/c1-17-66(8)93(87(126-15)59-89(117)112-48-27-37-84(112)94(127-16)67(9)95(120)105-82(98-102-47-54-132-98)55-69-29-19-18-20-30-69)108(12)99(123)91(64(4)5)106-97(122)92(65(6)7)109(13)100(124)130-61-71-41-39-70(40-42-71)56-86(115)68(10)103-96(121)79(63(2)3)58-74(113)46-51-129-53-52-128-50-28-38-85(114)81(43-44-90(118)119)104-88(116)45-49-111-73(57-72-31-21-26-36-83(72)111)60-107(11)110(14)101(125)131-62-80-77-34-24-22-32-75(77)76-33-23-25-35-78(76)80/h18-26,29-36,39-42,47,54,57,63-68,79-82,84,87,91-94H,17,27-28,37-38,43-46,48-53,55-56,58-62H2,1-16H3,(H,103,121)(H,104,116)(H,105,120)(H,106,122)(H,118,119)/t66-,67+,68-,79-,81-,82-,84-,87+,91-,92-,93-,94+/m0/s1. The zero-order valence-corrected chi connectivity index (χ0v) is 80.3. The molecular formula is C101H137N11O19S. The summed E-state index contributed by atoms with van der Waals surface area (Å²) in [6.45, 7) is 19.7. The third-order valence-electron chi connectivity index (χ3n) is 25.6. The van der Waals surface area contributed by atoms with Crippen molar-refractivity contribution in [3.05, 3.63) is 184 Å². The number of fused-ring (bicyclic) bond motifs is 4. The second kappa shape index (κ2) is 51.2. The lowest BCUT2D eigenvalue weighted by Gasteiger charge is -2.41. The number of Topliss-reactive ketones (excluding diaryl/α,β-unsaturated/α-hetero) is 3. The molecule has 1 fully saturated rings. The highest BCUT2D eigenvalue weighted by Gasteiger charge is 2.45. The number of nitrogens with zero attached hydrogens (tertiary/aromatic N) is 7. The van der Waals surface area contributed by atoms with Crippen LogP contribution in [0, 0.1) is 35.5 Å². The zero-order valence-electron chi connectivity index (χ0n) is 79.5. The summed E-state index contributed by atoms with van der Waals surface area (Å²) in [6.07, 6.45) is 1.16. The third-order valence-corrected chi connectivity index (χ3v) is 26.5. The van der Waals surface area contributed by atoms with E-state index in [1.54, 1.807) is 94.3 Å². The van der Waals surface area contributed by atoms with Crippen LogP contribution in [0.5, 0.6) is 0 Å². The van der Waals surface area contributed by atoms with Crippen LogP contribution in [0.3, 0.4) is 0 Å². The van der Waals surface area contributed by atoms with E-state index in [1.807, 2.05) is 143 Å². The number of hydrogen-bond acceptors (Lipinski definition) is 21. The SMILES string of the molecule is CC[C@H](C)[C@@H]([C@@H](CC(=O)N1CCC[C@H]1[C@H](OC)[C@@H](C)C(=O)N[C@@H](Cc1ccccc1)c1nccs1)OC)N(C)C(=O)[C@@H](NC(=O)[C@H](C(C)C)N(C)C(=O)OCc1ccc(CC(=O)[C@H](C)NC(=O)[C@@H](CC(=O)CCOCCOCCCC(=O)[C@H](CCC(=O)O)NC(=O)CCn2c(CN(C)N(C)C(=O)OCC3c4ccccc4-c4ccccc43)cc3ccccc32)C(C)C)cc1)C(C)C. The molecule has 1 aliphatic carbocycles. The summed E-state index contributed by atoms with van der Waals surface area (Å²) in [5.74, 6) is -6.95. The second-order valence-electron chi connectivity index (χ2n) is 35.9. The van der Waals surface area contributed by atoms with Crippen LogP contribution in [0.2, 0.25) is 0 Å². The van der Waals surface area contributed by atoms with Crippen molar-refractivity contribution in [3.8, 4) is 11.1 Å². The van der Waals surface area contributed by atoms with E-state index in [4.69, 9.17) is 28.4 Å². The van der Waals surface area contributed by atoms with Crippen LogP contribution in [0.25, 0.3) is 22.0 Å². The van der Waals surface area contributed by atoms with E-state index in [0.717, 1.165) is 49.4 Å². The van der Waals surface area contributed by atoms with Gasteiger partial charge in [-0.3, -0.25) is 52.8 Å². The smallest absolute Gasteiger partial charge is 0.424 e. The van der Waals surface area contributed by atoms with Crippen molar-refractivity contribution < 1.29 is 91.1 Å². The number of benzene rings is 5. The Kier molecular flexibility index (Phi) is 40.6. The largest absolute Gasteiger partial charge is 0.481 e.